The van der Waals surface area contributed by atoms with Crippen molar-refractivity contribution < 1.29 is 27.6 Å². The van der Waals surface area contributed by atoms with E-state index < -0.39 is 10.0 Å². The molecule has 2 rings (SSSR count). The standard InChI is InChI=1S/C17H27N3O5S/c1-14(17(21)18-8-13-24-2)19-9-11-20(12-10-19)26(22,23)16-6-4-15(25-3)5-7-16/h4-7,14H,8-13H2,1-3H3,(H,18,21)/p+1/t14-/m0/s1. The minimum atomic E-state index is -3.53. The lowest BCUT2D eigenvalue weighted by Crippen LogP contribution is -3.19. The van der Waals surface area contributed by atoms with Crippen LogP contribution < -0.4 is 15.0 Å². The molecule has 2 N–H and O–H groups in total. The number of sulfonamides is 1. The first-order valence-electron chi connectivity index (χ1n) is 8.65. The highest BCUT2D eigenvalue weighted by molar-refractivity contribution is 7.89. The molecule has 26 heavy (non-hydrogen) atoms. The van der Waals surface area contributed by atoms with Crippen LogP contribution in [-0.4, -0.2) is 78.2 Å². The van der Waals surface area contributed by atoms with Gasteiger partial charge in [-0.25, -0.2) is 8.42 Å². The number of hydrogen-bond acceptors (Lipinski definition) is 5. The number of piperazine rings is 1. The fraction of sp³-hybridized carbons (Fsp3) is 0.588. The molecule has 0 bridgehead atoms. The van der Waals surface area contributed by atoms with Gasteiger partial charge in [-0.1, -0.05) is 0 Å². The normalized spacial score (nSPS) is 17.7. The van der Waals surface area contributed by atoms with Crippen molar-refractivity contribution in [3.05, 3.63) is 24.3 Å². The molecule has 0 unspecified atom stereocenters. The van der Waals surface area contributed by atoms with Gasteiger partial charge in [0.05, 0.1) is 44.8 Å². The summed E-state index contributed by atoms with van der Waals surface area (Å²) in [5.41, 5.74) is 0. The summed E-state index contributed by atoms with van der Waals surface area (Å²) in [4.78, 5) is 13.5. The van der Waals surface area contributed by atoms with E-state index in [1.165, 1.54) is 11.4 Å². The summed E-state index contributed by atoms with van der Waals surface area (Å²) >= 11 is 0. The molecule has 1 heterocycles. The molecule has 0 aromatic heterocycles. The molecule has 1 fully saturated rings. The number of carbonyl (C=O) groups excluding carboxylic acids is 1. The lowest BCUT2D eigenvalue weighted by Gasteiger charge is -2.34. The van der Waals surface area contributed by atoms with Crippen LogP contribution in [0, 0.1) is 0 Å². The number of rotatable bonds is 8. The topological polar surface area (TPSA) is 89.4 Å². The van der Waals surface area contributed by atoms with E-state index in [1.807, 2.05) is 6.92 Å². The number of carbonyl (C=O) groups is 1. The van der Waals surface area contributed by atoms with Crippen LogP contribution in [0.1, 0.15) is 6.92 Å². The molecular weight excluding hydrogens is 358 g/mol. The first-order chi connectivity index (χ1) is 12.4. The third kappa shape index (κ3) is 4.94. The summed E-state index contributed by atoms with van der Waals surface area (Å²) in [6.07, 6.45) is 0. The molecule has 1 aromatic rings. The number of methoxy groups -OCH3 is 2. The minimum absolute atomic E-state index is 0.0384. The monoisotopic (exact) mass is 386 g/mol. The highest BCUT2D eigenvalue weighted by Gasteiger charge is 2.34. The Morgan fingerprint density at radius 1 is 1.23 bits per heavy atom. The molecule has 8 nitrogen and oxygen atoms in total. The van der Waals surface area contributed by atoms with Crippen molar-refractivity contribution in [3.63, 3.8) is 0 Å². The van der Waals surface area contributed by atoms with E-state index >= 15 is 0 Å². The average Bonchev–Trinajstić information content (AvgIpc) is 2.67. The Morgan fingerprint density at radius 2 is 1.85 bits per heavy atom. The average molecular weight is 386 g/mol. The van der Waals surface area contributed by atoms with Crippen LogP contribution in [0.2, 0.25) is 0 Å². The van der Waals surface area contributed by atoms with Crippen molar-refractivity contribution in [1.29, 1.82) is 0 Å². The zero-order chi connectivity index (χ0) is 19.2. The number of hydrogen-bond donors (Lipinski definition) is 2. The first-order valence-corrected chi connectivity index (χ1v) is 10.1. The van der Waals surface area contributed by atoms with Crippen LogP contribution in [0.4, 0.5) is 0 Å². The van der Waals surface area contributed by atoms with Crippen LogP contribution in [0.25, 0.3) is 0 Å². The van der Waals surface area contributed by atoms with Crippen LogP contribution >= 0.6 is 0 Å². The molecule has 0 aliphatic carbocycles. The Labute approximate surface area is 155 Å². The molecule has 9 heteroatoms. The van der Waals surface area contributed by atoms with E-state index in [9.17, 15) is 13.2 Å². The van der Waals surface area contributed by atoms with Gasteiger partial charge in [0.15, 0.2) is 6.04 Å². The molecule has 1 atom stereocenters. The highest BCUT2D eigenvalue weighted by Crippen LogP contribution is 2.19. The van der Waals surface area contributed by atoms with E-state index in [0.717, 1.165) is 4.90 Å². The number of nitrogens with one attached hydrogen (secondary N) is 2. The first kappa shape index (κ1) is 20.6. The van der Waals surface area contributed by atoms with Crippen LogP contribution in [0.5, 0.6) is 5.75 Å². The maximum Gasteiger partial charge on any atom is 0.278 e. The predicted octanol–water partition coefficient (Wildman–Crippen LogP) is -1.26. The second-order valence-corrected chi connectivity index (χ2v) is 8.18. The third-order valence-corrected chi connectivity index (χ3v) is 6.59. The number of ether oxygens (including phenoxy) is 2. The zero-order valence-electron chi connectivity index (χ0n) is 15.5. The SMILES string of the molecule is COCCNC(=O)[C@H](C)[NH+]1CCN(S(=O)(=O)c2ccc(OC)cc2)CC1. The van der Waals surface area contributed by atoms with Gasteiger partial charge < -0.3 is 19.7 Å². The quantitative estimate of drug-likeness (QED) is 0.544. The van der Waals surface area contributed by atoms with Gasteiger partial charge in [0.2, 0.25) is 10.0 Å². The number of quaternary nitrogens is 1. The fourth-order valence-electron chi connectivity index (χ4n) is 2.96. The van der Waals surface area contributed by atoms with Crippen molar-refractivity contribution >= 4 is 15.9 Å². The minimum Gasteiger partial charge on any atom is -0.497 e. The number of nitrogens with zero attached hydrogens (tertiary/aromatic N) is 1. The van der Waals surface area contributed by atoms with E-state index in [0.29, 0.717) is 45.1 Å². The summed E-state index contributed by atoms with van der Waals surface area (Å²) < 4.78 is 37.0. The van der Waals surface area contributed by atoms with Crippen molar-refractivity contribution in [2.75, 3.05) is 53.6 Å². The molecule has 1 saturated heterocycles. The van der Waals surface area contributed by atoms with Gasteiger partial charge in [0.25, 0.3) is 5.91 Å². The smallest absolute Gasteiger partial charge is 0.278 e. The Bertz CT molecular complexity index is 685. The lowest BCUT2D eigenvalue weighted by atomic mass is 10.2. The molecule has 0 radical (unpaired) electrons. The van der Waals surface area contributed by atoms with E-state index in [-0.39, 0.29) is 16.8 Å². The Balaban J connectivity index is 1.93. The second kappa shape index (κ2) is 9.31. The Morgan fingerprint density at radius 3 is 2.38 bits per heavy atom. The molecule has 0 saturated carbocycles. The molecular formula is C17H28N3O5S+. The molecule has 1 amide bonds. The van der Waals surface area contributed by atoms with Gasteiger partial charge >= 0.3 is 0 Å². The zero-order valence-corrected chi connectivity index (χ0v) is 16.3. The third-order valence-electron chi connectivity index (χ3n) is 4.67. The predicted molar refractivity (Wildman–Crippen MR) is 96.8 cm³/mol. The largest absolute Gasteiger partial charge is 0.497 e. The maximum absolute atomic E-state index is 12.8. The van der Waals surface area contributed by atoms with Crippen molar-refractivity contribution in [3.8, 4) is 5.75 Å². The van der Waals surface area contributed by atoms with Crippen molar-refractivity contribution in [2.45, 2.75) is 17.9 Å². The van der Waals surface area contributed by atoms with Gasteiger partial charge in [-0.3, -0.25) is 4.79 Å². The van der Waals surface area contributed by atoms with E-state index in [2.05, 4.69) is 5.32 Å². The maximum atomic E-state index is 12.8. The number of benzene rings is 1. The van der Waals surface area contributed by atoms with E-state index in [1.54, 1.807) is 31.4 Å². The summed E-state index contributed by atoms with van der Waals surface area (Å²) in [6, 6.07) is 6.16. The van der Waals surface area contributed by atoms with Crippen molar-refractivity contribution in [2.24, 2.45) is 0 Å². The van der Waals surface area contributed by atoms with Gasteiger partial charge in [0.1, 0.15) is 5.75 Å². The molecule has 0 spiro atoms. The Kier molecular flexibility index (Phi) is 7.39. The van der Waals surface area contributed by atoms with Gasteiger partial charge in [-0.2, -0.15) is 4.31 Å². The molecule has 1 aromatic carbocycles. The lowest BCUT2D eigenvalue weighted by molar-refractivity contribution is -0.917. The van der Waals surface area contributed by atoms with Crippen molar-refractivity contribution in [1.82, 2.24) is 9.62 Å². The van der Waals surface area contributed by atoms with Crippen LogP contribution in [-0.2, 0) is 19.6 Å². The highest BCUT2D eigenvalue weighted by atomic mass is 32.2. The summed E-state index contributed by atoms with van der Waals surface area (Å²) in [5, 5.41) is 2.83. The summed E-state index contributed by atoms with van der Waals surface area (Å²) in [6.45, 7) is 4.78. The second-order valence-electron chi connectivity index (χ2n) is 6.24. The van der Waals surface area contributed by atoms with Gasteiger partial charge in [-0.15, -0.1) is 0 Å². The van der Waals surface area contributed by atoms with Crippen LogP contribution in [0.3, 0.4) is 0 Å². The molecule has 1 aliphatic rings. The van der Waals surface area contributed by atoms with Gasteiger partial charge in [0, 0.05) is 13.7 Å². The van der Waals surface area contributed by atoms with Crippen LogP contribution in [0.15, 0.2) is 29.2 Å². The Hall–Kier alpha value is -1.68. The molecule has 1 aliphatic heterocycles. The fourth-order valence-corrected chi connectivity index (χ4v) is 4.40. The van der Waals surface area contributed by atoms with Gasteiger partial charge in [-0.05, 0) is 31.2 Å². The number of amides is 1. The summed E-state index contributed by atoms with van der Waals surface area (Å²) in [7, 11) is -0.400. The van der Waals surface area contributed by atoms with E-state index in [4.69, 9.17) is 9.47 Å². The summed E-state index contributed by atoms with van der Waals surface area (Å²) in [5.74, 6) is 0.579. The molecule has 146 valence electrons.